The van der Waals surface area contributed by atoms with E-state index in [1.165, 1.54) is 12.1 Å². The molecule has 100 valence electrons. The molecule has 0 radical (unpaired) electrons. The highest BCUT2D eigenvalue weighted by atomic mass is 35.5. The number of hydrogen-bond donors (Lipinski definition) is 2. The number of rotatable bonds is 4. The fraction of sp³-hybridized carbons (Fsp3) is 0.200. The van der Waals surface area contributed by atoms with E-state index in [1.54, 1.807) is 24.3 Å². The highest BCUT2D eigenvalue weighted by Gasteiger charge is 2.09. The quantitative estimate of drug-likeness (QED) is 0.885. The third-order valence-electron chi connectivity index (χ3n) is 3.02. The summed E-state index contributed by atoms with van der Waals surface area (Å²) in [6, 6.07) is 11.6. The smallest absolute Gasteiger partial charge is 0.138 e. The zero-order valence-electron chi connectivity index (χ0n) is 10.5. The van der Waals surface area contributed by atoms with E-state index < -0.39 is 0 Å². The van der Waals surface area contributed by atoms with Crippen LogP contribution in [-0.2, 0) is 6.54 Å². The Morgan fingerprint density at radius 3 is 2.74 bits per heavy atom. The van der Waals surface area contributed by atoms with Crippen molar-refractivity contribution in [1.29, 1.82) is 0 Å². The minimum absolute atomic E-state index is 0.0194. The molecule has 0 bridgehead atoms. The Bertz CT molecular complexity index is 574. The molecule has 2 aromatic rings. The Balaban J connectivity index is 2.04. The molecule has 2 nitrogen and oxygen atoms in total. The van der Waals surface area contributed by atoms with Gasteiger partial charge < -0.3 is 10.4 Å². The monoisotopic (exact) mass is 279 g/mol. The minimum Gasteiger partial charge on any atom is -0.506 e. The number of para-hydroxylation sites is 1. The summed E-state index contributed by atoms with van der Waals surface area (Å²) in [5.74, 6) is -0.167. The molecule has 19 heavy (non-hydrogen) atoms. The molecular weight excluding hydrogens is 265 g/mol. The Hall–Kier alpha value is -1.58. The third kappa shape index (κ3) is 3.46. The van der Waals surface area contributed by atoms with Crippen LogP contribution in [0, 0.1) is 5.82 Å². The molecule has 0 saturated heterocycles. The molecule has 0 aliphatic rings. The molecule has 1 atom stereocenters. The zero-order chi connectivity index (χ0) is 13.8. The number of aromatic hydroxyl groups is 1. The van der Waals surface area contributed by atoms with Crippen molar-refractivity contribution in [2.45, 2.75) is 19.5 Å². The van der Waals surface area contributed by atoms with Crippen LogP contribution in [-0.4, -0.2) is 5.11 Å². The van der Waals surface area contributed by atoms with Crippen LogP contribution < -0.4 is 5.32 Å². The number of hydrogen-bond acceptors (Lipinski definition) is 2. The first kappa shape index (κ1) is 13.8. The second-order valence-corrected chi connectivity index (χ2v) is 4.81. The standard InChI is InChI=1S/C15H15ClFNO/c1-10(11-4-2-6-13(17)8-11)18-9-12-5-3-7-14(16)15(12)19/h2-8,10,18-19H,9H2,1H3. The van der Waals surface area contributed by atoms with Gasteiger partial charge in [0.05, 0.1) is 5.02 Å². The van der Waals surface area contributed by atoms with Gasteiger partial charge in [-0.3, -0.25) is 0 Å². The van der Waals surface area contributed by atoms with Crippen molar-refractivity contribution in [3.63, 3.8) is 0 Å². The Morgan fingerprint density at radius 1 is 1.26 bits per heavy atom. The van der Waals surface area contributed by atoms with E-state index in [9.17, 15) is 9.50 Å². The summed E-state index contributed by atoms with van der Waals surface area (Å²) in [5.41, 5.74) is 1.58. The maximum absolute atomic E-state index is 13.1. The lowest BCUT2D eigenvalue weighted by atomic mass is 10.1. The van der Waals surface area contributed by atoms with Crippen molar-refractivity contribution in [3.8, 4) is 5.75 Å². The van der Waals surface area contributed by atoms with Crippen LogP contribution in [0.2, 0.25) is 5.02 Å². The molecule has 0 spiro atoms. The first-order valence-corrected chi connectivity index (χ1v) is 6.41. The summed E-state index contributed by atoms with van der Waals surface area (Å²) in [5, 5.41) is 13.3. The van der Waals surface area contributed by atoms with E-state index in [-0.39, 0.29) is 17.6 Å². The van der Waals surface area contributed by atoms with E-state index in [1.807, 2.05) is 13.0 Å². The average molecular weight is 280 g/mol. The van der Waals surface area contributed by atoms with Gasteiger partial charge in [0.1, 0.15) is 11.6 Å². The van der Waals surface area contributed by atoms with E-state index in [0.29, 0.717) is 11.6 Å². The summed E-state index contributed by atoms with van der Waals surface area (Å²) in [6.07, 6.45) is 0. The van der Waals surface area contributed by atoms with Gasteiger partial charge in [-0.1, -0.05) is 35.9 Å². The predicted molar refractivity (Wildman–Crippen MR) is 74.8 cm³/mol. The number of halogens is 2. The molecule has 0 aromatic heterocycles. The van der Waals surface area contributed by atoms with E-state index in [2.05, 4.69) is 5.32 Å². The Kier molecular flexibility index (Phi) is 4.40. The number of phenolic OH excluding ortho intramolecular Hbond substituents is 1. The van der Waals surface area contributed by atoms with Crippen molar-refractivity contribution in [1.82, 2.24) is 5.32 Å². The lowest BCUT2D eigenvalue weighted by Crippen LogP contribution is -2.18. The van der Waals surface area contributed by atoms with Gasteiger partial charge in [0.2, 0.25) is 0 Å². The van der Waals surface area contributed by atoms with Gasteiger partial charge in [-0.2, -0.15) is 0 Å². The lowest BCUT2D eigenvalue weighted by molar-refractivity contribution is 0.460. The van der Waals surface area contributed by atoms with E-state index >= 15 is 0 Å². The minimum atomic E-state index is -0.253. The van der Waals surface area contributed by atoms with Gasteiger partial charge in [-0.25, -0.2) is 4.39 Å². The number of benzene rings is 2. The first-order chi connectivity index (χ1) is 9.08. The average Bonchev–Trinajstić information content (AvgIpc) is 2.40. The van der Waals surface area contributed by atoms with Crippen LogP contribution in [0.25, 0.3) is 0 Å². The second-order valence-electron chi connectivity index (χ2n) is 4.41. The topological polar surface area (TPSA) is 32.3 Å². The van der Waals surface area contributed by atoms with Gasteiger partial charge in [0.15, 0.2) is 0 Å². The molecule has 4 heteroatoms. The molecule has 0 fully saturated rings. The predicted octanol–water partition coefficient (Wildman–Crippen LogP) is 4.04. The van der Waals surface area contributed by atoms with Crippen LogP contribution >= 0.6 is 11.6 Å². The summed E-state index contributed by atoms with van der Waals surface area (Å²) in [6.45, 7) is 2.40. The second kappa shape index (κ2) is 6.04. The summed E-state index contributed by atoms with van der Waals surface area (Å²) in [7, 11) is 0. The lowest BCUT2D eigenvalue weighted by Gasteiger charge is -2.15. The summed E-state index contributed by atoms with van der Waals surface area (Å²) in [4.78, 5) is 0. The van der Waals surface area contributed by atoms with E-state index in [4.69, 9.17) is 11.6 Å². The molecule has 0 heterocycles. The van der Waals surface area contributed by atoms with E-state index in [0.717, 1.165) is 11.1 Å². The fourth-order valence-electron chi connectivity index (χ4n) is 1.86. The maximum atomic E-state index is 13.1. The highest BCUT2D eigenvalue weighted by Crippen LogP contribution is 2.27. The normalized spacial score (nSPS) is 12.4. The van der Waals surface area contributed by atoms with Crippen LogP contribution in [0.15, 0.2) is 42.5 Å². The van der Waals surface area contributed by atoms with Crippen LogP contribution in [0.5, 0.6) is 5.75 Å². The van der Waals surface area contributed by atoms with Gasteiger partial charge >= 0.3 is 0 Å². The van der Waals surface area contributed by atoms with Gasteiger partial charge in [0, 0.05) is 18.2 Å². The molecule has 2 aromatic carbocycles. The molecule has 2 rings (SSSR count). The maximum Gasteiger partial charge on any atom is 0.138 e. The van der Waals surface area contributed by atoms with Crippen molar-refractivity contribution in [3.05, 3.63) is 64.4 Å². The fourth-order valence-corrected chi connectivity index (χ4v) is 2.05. The molecule has 0 aliphatic heterocycles. The molecular formula is C15H15ClFNO. The largest absolute Gasteiger partial charge is 0.506 e. The van der Waals surface area contributed by atoms with Crippen LogP contribution in [0.4, 0.5) is 4.39 Å². The molecule has 0 saturated carbocycles. The SMILES string of the molecule is CC(NCc1cccc(Cl)c1O)c1cccc(F)c1. The Labute approximate surface area is 116 Å². The van der Waals surface area contributed by atoms with Gasteiger partial charge in [0.25, 0.3) is 0 Å². The molecule has 2 N–H and O–H groups in total. The van der Waals surface area contributed by atoms with Crippen LogP contribution in [0.3, 0.4) is 0 Å². The highest BCUT2D eigenvalue weighted by molar-refractivity contribution is 6.32. The van der Waals surface area contributed by atoms with Crippen molar-refractivity contribution < 1.29 is 9.50 Å². The summed E-state index contributed by atoms with van der Waals surface area (Å²) >= 11 is 5.84. The Morgan fingerprint density at radius 2 is 2.00 bits per heavy atom. The van der Waals surface area contributed by atoms with Gasteiger partial charge in [-0.05, 0) is 30.7 Å². The van der Waals surface area contributed by atoms with Crippen LogP contribution in [0.1, 0.15) is 24.1 Å². The van der Waals surface area contributed by atoms with Crippen molar-refractivity contribution in [2.75, 3.05) is 0 Å². The van der Waals surface area contributed by atoms with Crippen molar-refractivity contribution in [2.24, 2.45) is 0 Å². The molecule has 0 amide bonds. The molecule has 0 aliphatic carbocycles. The number of nitrogens with one attached hydrogen (secondary N) is 1. The number of phenols is 1. The van der Waals surface area contributed by atoms with Crippen molar-refractivity contribution >= 4 is 11.6 Å². The zero-order valence-corrected chi connectivity index (χ0v) is 11.3. The van der Waals surface area contributed by atoms with Gasteiger partial charge in [-0.15, -0.1) is 0 Å². The third-order valence-corrected chi connectivity index (χ3v) is 3.32. The molecule has 1 unspecified atom stereocenters. The summed E-state index contributed by atoms with van der Waals surface area (Å²) < 4.78 is 13.1. The first-order valence-electron chi connectivity index (χ1n) is 6.03.